The number of hydrogen-bond donors (Lipinski definition) is 2. The van der Waals surface area contributed by atoms with Crippen LogP contribution in [0.4, 0.5) is 4.79 Å². The summed E-state index contributed by atoms with van der Waals surface area (Å²) in [6.45, 7) is 2.46. The van der Waals surface area contributed by atoms with Crippen molar-refractivity contribution in [2.24, 2.45) is 0 Å². The van der Waals surface area contributed by atoms with Crippen molar-refractivity contribution in [2.45, 2.75) is 18.9 Å². The van der Waals surface area contributed by atoms with Gasteiger partial charge in [-0.2, -0.15) is 0 Å². The van der Waals surface area contributed by atoms with Gasteiger partial charge in [-0.3, -0.25) is 14.9 Å². The molecule has 0 bridgehead atoms. The van der Waals surface area contributed by atoms with Gasteiger partial charge in [-0.05, 0) is 13.3 Å². The van der Waals surface area contributed by atoms with Crippen LogP contribution < -0.4 is 10.6 Å². The number of nitrogens with one attached hydrogen (secondary N) is 2. The Balaban J connectivity index is 1.78. The van der Waals surface area contributed by atoms with E-state index in [9.17, 15) is 14.4 Å². The first-order valence-corrected chi connectivity index (χ1v) is 6.73. The Morgan fingerprint density at radius 3 is 2.89 bits per heavy atom. The third-order valence-corrected chi connectivity index (χ3v) is 4.18. The van der Waals surface area contributed by atoms with Gasteiger partial charge in [-0.15, -0.1) is 11.3 Å². The van der Waals surface area contributed by atoms with Gasteiger partial charge in [0.2, 0.25) is 0 Å². The van der Waals surface area contributed by atoms with Gasteiger partial charge in [0.05, 0.1) is 11.6 Å². The molecule has 1 spiro atoms. The standard InChI is InChI=1S/C11H12N4O3S/c1-6-12-7(4-19-6)8(16)15-3-2-11(5-15)9(17)13-10(18)14-11/h4H,2-3,5H2,1H3,(H2,13,14,17,18). The van der Waals surface area contributed by atoms with Gasteiger partial charge in [-0.25, -0.2) is 9.78 Å². The maximum atomic E-state index is 12.2. The van der Waals surface area contributed by atoms with Crippen LogP contribution in [-0.4, -0.2) is 46.4 Å². The molecule has 100 valence electrons. The highest BCUT2D eigenvalue weighted by molar-refractivity contribution is 7.09. The van der Waals surface area contributed by atoms with Crippen molar-refractivity contribution >= 4 is 29.2 Å². The zero-order valence-corrected chi connectivity index (χ0v) is 11.0. The van der Waals surface area contributed by atoms with E-state index in [-0.39, 0.29) is 18.4 Å². The van der Waals surface area contributed by atoms with Crippen molar-refractivity contribution in [1.29, 1.82) is 0 Å². The number of nitrogens with zero attached hydrogens (tertiary/aromatic N) is 2. The normalized spacial score (nSPS) is 25.8. The van der Waals surface area contributed by atoms with E-state index in [1.54, 1.807) is 10.3 Å². The van der Waals surface area contributed by atoms with Gasteiger partial charge in [0.25, 0.3) is 11.8 Å². The minimum atomic E-state index is -0.961. The molecule has 0 aliphatic carbocycles. The topological polar surface area (TPSA) is 91.4 Å². The number of aromatic nitrogens is 1. The first-order valence-electron chi connectivity index (χ1n) is 5.85. The molecular weight excluding hydrogens is 268 g/mol. The number of urea groups is 1. The number of imide groups is 1. The van der Waals surface area contributed by atoms with Crippen LogP contribution in [-0.2, 0) is 4.79 Å². The lowest BCUT2D eigenvalue weighted by Crippen LogP contribution is -2.49. The number of amides is 4. The molecule has 3 rings (SSSR count). The molecule has 0 saturated carbocycles. The highest BCUT2D eigenvalue weighted by Gasteiger charge is 2.51. The molecule has 1 aromatic rings. The third-order valence-electron chi connectivity index (χ3n) is 3.41. The second-order valence-corrected chi connectivity index (χ2v) is 5.78. The predicted molar refractivity (Wildman–Crippen MR) is 66.8 cm³/mol. The Hall–Kier alpha value is -1.96. The lowest BCUT2D eigenvalue weighted by molar-refractivity contribution is -0.123. The summed E-state index contributed by atoms with van der Waals surface area (Å²) in [4.78, 5) is 40.9. The molecule has 0 aromatic carbocycles. The molecule has 2 N–H and O–H groups in total. The lowest BCUT2D eigenvalue weighted by atomic mass is 10.00. The van der Waals surface area contributed by atoms with Crippen molar-refractivity contribution in [3.05, 3.63) is 16.1 Å². The molecule has 8 heteroatoms. The van der Waals surface area contributed by atoms with E-state index >= 15 is 0 Å². The van der Waals surface area contributed by atoms with Gasteiger partial charge in [0.1, 0.15) is 11.2 Å². The Bertz CT molecular complexity index is 584. The molecule has 1 aromatic heterocycles. The summed E-state index contributed by atoms with van der Waals surface area (Å²) in [5, 5.41) is 7.35. The van der Waals surface area contributed by atoms with Crippen molar-refractivity contribution in [3.8, 4) is 0 Å². The fraction of sp³-hybridized carbons (Fsp3) is 0.455. The van der Waals surface area contributed by atoms with Crippen LogP contribution in [0.25, 0.3) is 0 Å². The number of rotatable bonds is 1. The number of hydrogen-bond acceptors (Lipinski definition) is 5. The number of carbonyl (C=O) groups excluding carboxylic acids is 3. The van der Waals surface area contributed by atoms with Crippen LogP contribution in [0.2, 0.25) is 0 Å². The molecule has 3 heterocycles. The fourth-order valence-corrected chi connectivity index (χ4v) is 3.01. The lowest BCUT2D eigenvalue weighted by Gasteiger charge is -2.20. The molecule has 19 heavy (non-hydrogen) atoms. The molecular formula is C11H12N4O3S. The maximum absolute atomic E-state index is 12.2. The molecule has 2 fully saturated rings. The number of aryl methyl sites for hydroxylation is 1. The molecule has 1 atom stereocenters. The first-order chi connectivity index (χ1) is 9.00. The summed E-state index contributed by atoms with van der Waals surface area (Å²) < 4.78 is 0. The summed E-state index contributed by atoms with van der Waals surface area (Å²) in [6, 6.07) is -0.496. The summed E-state index contributed by atoms with van der Waals surface area (Å²) in [5.74, 6) is -0.558. The Morgan fingerprint density at radius 1 is 1.53 bits per heavy atom. The van der Waals surface area contributed by atoms with E-state index < -0.39 is 11.6 Å². The molecule has 2 saturated heterocycles. The second kappa shape index (κ2) is 4.02. The van der Waals surface area contributed by atoms with Gasteiger partial charge in [0, 0.05) is 11.9 Å². The Kier molecular flexibility index (Phi) is 2.56. The minimum absolute atomic E-state index is 0.194. The van der Waals surface area contributed by atoms with E-state index in [4.69, 9.17) is 0 Å². The second-order valence-electron chi connectivity index (χ2n) is 4.72. The molecule has 4 amide bonds. The first kappa shape index (κ1) is 12.1. The summed E-state index contributed by atoms with van der Waals surface area (Å²) in [7, 11) is 0. The molecule has 2 aliphatic rings. The van der Waals surface area contributed by atoms with Gasteiger partial charge < -0.3 is 10.2 Å². The monoisotopic (exact) mass is 280 g/mol. The number of carbonyl (C=O) groups is 3. The maximum Gasteiger partial charge on any atom is 0.322 e. The highest BCUT2D eigenvalue weighted by atomic mass is 32.1. The molecule has 0 radical (unpaired) electrons. The van der Waals surface area contributed by atoms with Crippen LogP contribution >= 0.6 is 11.3 Å². The largest absolute Gasteiger partial charge is 0.334 e. The van der Waals surface area contributed by atoms with Crippen molar-refractivity contribution < 1.29 is 14.4 Å². The van der Waals surface area contributed by atoms with Crippen LogP contribution in [0.1, 0.15) is 21.9 Å². The molecule has 1 unspecified atom stereocenters. The van der Waals surface area contributed by atoms with Crippen LogP contribution in [0, 0.1) is 6.92 Å². The predicted octanol–water partition coefficient (Wildman–Crippen LogP) is -0.124. The van der Waals surface area contributed by atoms with E-state index in [1.165, 1.54) is 11.3 Å². The van der Waals surface area contributed by atoms with E-state index in [0.717, 1.165) is 5.01 Å². The van der Waals surface area contributed by atoms with Crippen molar-refractivity contribution in [2.75, 3.05) is 13.1 Å². The van der Waals surface area contributed by atoms with Gasteiger partial charge >= 0.3 is 6.03 Å². The van der Waals surface area contributed by atoms with E-state index in [1.807, 2.05) is 6.92 Å². The van der Waals surface area contributed by atoms with Crippen molar-refractivity contribution in [1.82, 2.24) is 20.5 Å². The summed E-state index contributed by atoms with van der Waals surface area (Å²) in [6.07, 6.45) is 0.430. The SMILES string of the molecule is Cc1nc(C(=O)N2CCC3(C2)NC(=O)NC3=O)cs1. The average molecular weight is 280 g/mol. The smallest absolute Gasteiger partial charge is 0.322 e. The molecule has 2 aliphatic heterocycles. The highest BCUT2D eigenvalue weighted by Crippen LogP contribution is 2.26. The minimum Gasteiger partial charge on any atom is -0.334 e. The Labute approximate surface area is 113 Å². The quantitative estimate of drug-likeness (QED) is 0.701. The molecule has 7 nitrogen and oxygen atoms in total. The van der Waals surface area contributed by atoms with Crippen LogP contribution in [0.3, 0.4) is 0 Å². The van der Waals surface area contributed by atoms with E-state index in [0.29, 0.717) is 18.7 Å². The van der Waals surface area contributed by atoms with E-state index in [2.05, 4.69) is 15.6 Å². The van der Waals surface area contributed by atoms with Crippen LogP contribution in [0.5, 0.6) is 0 Å². The van der Waals surface area contributed by atoms with Gasteiger partial charge in [0.15, 0.2) is 0 Å². The number of likely N-dealkylation sites (tertiary alicyclic amines) is 1. The number of thiazole rings is 1. The Morgan fingerprint density at radius 2 is 2.32 bits per heavy atom. The van der Waals surface area contributed by atoms with Crippen LogP contribution in [0.15, 0.2) is 5.38 Å². The zero-order valence-electron chi connectivity index (χ0n) is 10.2. The zero-order chi connectivity index (χ0) is 13.6. The van der Waals surface area contributed by atoms with Gasteiger partial charge in [-0.1, -0.05) is 0 Å². The van der Waals surface area contributed by atoms with Crippen molar-refractivity contribution in [3.63, 3.8) is 0 Å². The third kappa shape index (κ3) is 1.88. The average Bonchev–Trinajstić information content (AvgIpc) is 3.01. The fourth-order valence-electron chi connectivity index (χ4n) is 2.42. The summed E-state index contributed by atoms with van der Waals surface area (Å²) >= 11 is 1.41. The summed E-state index contributed by atoms with van der Waals surface area (Å²) in [5.41, 5.74) is -0.568.